The first kappa shape index (κ1) is 13.2. The van der Waals surface area contributed by atoms with Gasteiger partial charge in [-0.15, -0.1) is 12.4 Å². The third-order valence-electron chi connectivity index (χ3n) is 1.91. The molecular formula is C10H16ClNO2. The van der Waals surface area contributed by atoms with Crippen molar-refractivity contribution in [2.75, 3.05) is 13.7 Å². The zero-order chi connectivity index (χ0) is 9.68. The van der Waals surface area contributed by atoms with Crippen molar-refractivity contribution in [2.45, 2.75) is 12.5 Å². The van der Waals surface area contributed by atoms with Gasteiger partial charge in [-0.05, 0) is 18.1 Å². The molecule has 1 unspecified atom stereocenters. The molecule has 0 aromatic heterocycles. The molecule has 0 radical (unpaired) electrons. The van der Waals surface area contributed by atoms with Crippen LogP contribution in [0.25, 0.3) is 0 Å². The van der Waals surface area contributed by atoms with Gasteiger partial charge in [0, 0.05) is 6.04 Å². The number of ether oxygens (including phenoxy) is 1. The Labute approximate surface area is 90.3 Å². The van der Waals surface area contributed by atoms with Crippen molar-refractivity contribution in [1.82, 2.24) is 0 Å². The molecule has 0 aliphatic carbocycles. The summed E-state index contributed by atoms with van der Waals surface area (Å²) in [5.41, 5.74) is 6.66. The van der Waals surface area contributed by atoms with Gasteiger partial charge in [0.1, 0.15) is 5.75 Å². The summed E-state index contributed by atoms with van der Waals surface area (Å²) >= 11 is 0. The number of hydrogen-bond acceptors (Lipinski definition) is 3. The molecule has 0 amide bonds. The second-order valence-corrected chi connectivity index (χ2v) is 2.96. The van der Waals surface area contributed by atoms with Gasteiger partial charge in [0.15, 0.2) is 0 Å². The molecule has 0 bridgehead atoms. The molecule has 3 N–H and O–H groups in total. The molecular weight excluding hydrogens is 202 g/mol. The van der Waals surface area contributed by atoms with Crippen LogP contribution in [0, 0.1) is 0 Å². The van der Waals surface area contributed by atoms with Crippen molar-refractivity contribution < 1.29 is 9.84 Å². The zero-order valence-electron chi connectivity index (χ0n) is 8.14. The third kappa shape index (κ3) is 3.54. The highest BCUT2D eigenvalue weighted by atomic mass is 35.5. The van der Waals surface area contributed by atoms with Crippen LogP contribution < -0.4 is 10.5 Å². The van der Waals surface area contributed by atoms with Gasteiger partial charge in [0.05, 0.1) is 13.7 Å². The highest BCUT2D eigenvalue weighted by Crippen LogP contribution is 2.18. The van der Waals surface area contributed by atoms with E-state index in [2.05, 4.69) is 0 Å². The molecule has 4 heteroatoms. The van der Waals surface area contributed by atoms with Crippen molar-refractivity contribution in [2.24, 2.45) is 5.73 Å². The number of rotatable bonds is 4. The standard InChI is InChI=1S/C10H15NO2.ClH/c1-13-10-5-3-2-4-8(10)6-9(11)7-12;/h2-5,9,12H,6-7,11H2,1H3;1H. The summed E-state index contributed by atoms with van der Waals surface area (Å²) in [6.45, 7) is -0.00194. The number of benzene rings is 1. The monoisotopic (exact) mass is 217 g/mol. The van der Waals surface area contributed by atoms with Crippen LogP contribution in [0.5, 0.6) is 5.75 Å². The molecule has 14 heavy (non-hydrogen) atoms. The first-order chi connectivity index (χ1) is 6.27. The number of hydrogen-bond donors (Lipinski definition) is 2. The Morgan fingerprint density at radius 3 is 2.64 bits per heavy atom. The summed E-state index contributed by atoms with van der Waals surface area (Å²) in [5, 5.41) is 8.79. The van der Waals surface area contributed by atoms with E-state index in [-0.39, 0.29) is 25.1 Å². The molecule has 1 rings (SSSR count). The highest BCUT2D eigenvalue weighted by Gasteiger charge is 2.06. The second kappa shape index (κ2) is 6.65. The van der Waals surface area contributed by atoms with Gasteiger partial charge < -0.3 is 15.6 Å². The lowest BCUT2D eigenvalue weighted by Crippen LogP contribution is -2.26. The normalized spacial score (nSPS) is 11.6. The molecule has 0 fully saturated rings. The van der Waals surface area contributed by atoms with Crippen LogP contribution in [0.3, 0.4) is 0 Å². The molecule has 1 aromatic rings. The SMILES string of the molecule is COc1ccccc1CC(N)CO.Cl. The van der Waals surface area contributed by atoms with Gasteiger partial charge in [-0.3, -0.25) is 0 Å². The van der Waals surface area contributed by atoms with Gasteiger partial charge in [-0.1, -0.05) is 18.2 Å². The van der Waals surface area contributed by atoms with Crippen molar-refractivity contribution in [1.29, 1.82) is 0 Å². The van der Waals surface area contributed by atoms with Gasteiger partial charge in [0.2, 0.25) is 0 Å². The largest absolute Gasteiger partial charge is 0.496 e. The van der Waals surface area contributed by atoms with Gasteiger partial charge >= 0.3 is 0 Å². The Kier molecular flexibility index (Phi) is 6.28. The Bertz CT molecular complexity index is 268. The summed E-state index contributed by atoms with van der Waals surface area (Å²) in [7, 11) is 1.63. The number of halogens is 1. The van der Waals surface area contributed by atoms with E-state index < -0.39 is 0 Å². The molecule has 0 aliphatic heterocycles. The van der Waals surface area contributed by atoms with E-state index in [0.29, 0.717) is 6.42 Å². The van der Waals surface area contributed by atoms with Crippen molar-refractivity contribution >= 4 is 12.4 Å². The number of nitrogens with two attached hydrogens (primary N) is 1. The Balaban J connectivity index is 0.00000169. The number of methoxy groups -OCH3 is 1. The lowest BCUT2D eigenvalue weighted by molar-refractivity contribution is 0.264. The van der Waals surface area contributed by atoms with E-state index in [1.54, 1.807) is 7.11 Å². The van der Waals surface area contributed by atoms with Crippen LogP contribution in [0.1, 0.15) is 5.56 Å². The van der Waals surface area contributed by atoms with E-state index in [4.69, 9.17) is 15.6 Å². The van der Waals surface area contributed by atoms with Crippen LogP contribution in [0.4, 0.5) is 0 Å². The minimum absolute atomic E-state index is 0. The highest BCUT2D eigenvalue weighted by molar-refractivity contribution is 5.85. The lowest BCUT2D eigenvalue weighted by atomic mass is 10.1. The number of aliphatic hydroxyl groups is 1. The fourth-order valence-electron chi connectivity index (χ4n) is 1.22. The maximum atomic E-state index is 8.79. The van der Waals surface area contributed by atoms with Crippen molar-refractivity contribution in [3.8, 4) is 5.75 Å². The van der Waals surface area contributed by atoms with E-state index in [1.165, 1.54) is 0 Å². The average molecular weight is 218 g/mol. The molecule has 0 heterocycles. The molecule has 3 nitrogen and oxygen atoms in total. The fourth-order valence-corrected chi connectivity index (χ4v) is 1.22. The van der Waals surface area contributed by atoms with Gasteiger partial charge in [-0.25, -0.2) is 0 Å². The van der Waals surface area contributed by atoms with Gasteiger partial charge in [-0.2, -0.15) is 0 Å². The minimum Gasteiger partial charge on any atom is -0.496 e. The quantitative estimate of drug-likeness (QED) is 0.791. The number of para-hydroxylation sites is 1. The smallest absolute Gasteiger partial charge is 0.122 e. The summed E-state index contributed by atoms with van der Waals surface area (Å²) in [6, 6.07) is 7.47. The molecule has 1 aromatic carbocycles. The summed E-state index contributed by atoms with van der Waals surface area (Å²) in [5.74, 6) is 0.825. The van der Waals surface area contributed by atoms with Crippen LogP contribution in [-0.2, 0) is 6.42 Å². The summed E-state index contributed by atoms with van der Waals surface area (Å²) < 4.78 is 5.15. The van der Waals surface area contributed by atoms with Crippen molar-refractivity contribution in [3.05, 3.63) is 29.8 Å². The predicted octanol–water partition coefficient (Wildman–Crippen LogP) is 0.979. The number of aliphatic hydroxyl groups excluding tert-OH is 1. The van der Waals surface area contributed by atoms with E-state index in [1.807, 2.05) is 24.3 Å². The third-order valence-corrected chi connectivity index (χ3v) is 1.91. The van der Waals surface area contributed by atoms with Gasteiger partial charge in [0.25, 0.3) is 0 Å². The average Bonchev–Trinajstić information content (AvgIpc) is 2.18. The second-order valence-electron chi connectivity index (χ2n) is 2.96. The Morgan fingerprint density at radius 1 is 1.43 bits per heavy atom. The maximum absolute atomic E-state index is 8.79. The van der Waals surface area contributed by atoms with Crippen molar-refractivity contribution in [3.63, 3.8) is 0 Å². The molecule has 0 aliphatic rings. The first-order valence-electron chi connectivity index (χ1n) is 4.26. The Morgan fingerprint density at radius 2 is 2.07 bits per heavy atom. The van der Waals surface area contributed by atoms with Crippen LogP contribution >= 0.6 is 12.4 Å². The van der Waals surface area contributed by atoms with Crippen LogP contribution in [0.15, 0.2) is 24.3 Å². The predicted molar refractivity (Wildman–Crippen MR) is 59.0 cm³/mol. The molecule has 0 saturated heterocycles. The van der Waals surface area contributed by atoms with E-state index in [0.717, 1.165) is 11.3 Å². The Hall–Kier alpha value is -0.770. The lowest BCUT2D eigenvalue weighted by Gasteiger charge is -2.11. The molecule has 1 atom stereocenters. The van der Waals surface area contributed by atoms with E-state index in [9.17, 15) is 0 Å². The first-order valence-corrected chi connectivity index (χ1v) is 4.26. The van der Waals surface area contributed by atoms with E-state index >= 15 is 0 Å². The fraction of sp³-hybridized carbons (Fsp3) is 0.400. The van der Waals surface area contributed by atoms with Crippen LogP contribution in [0.2, 0.25) is 0 Å². The summed E-state index contributed by atoms with van der Waals surface area (Å²) in [4.78, 5) is 0. The van der Waals surface area contributed by atoms with Crippen LogP contribution in [-0.4, -0.2) is 24.9 Å². The topological polar surface area (TPSA) is 55.5 Å². The molecule has 0 spiro atoms. The molecule has 0 saturated carbocycles. The molecule has 80 valence electrons. The minimum atomic E-state index is -0.212. The zero-order valence-corrected chi connectivity index (χ0v) is 8.96. The maximum Gasteiger partial charge on any atom is 0.122 e. The summed E-state index contributed by atoms with van der Waals surface area (Å²) in [6.07, 6.45) is 0.639.